The zero-order valence-electron chi connectivity index (χ0n) is 10.9. The van der Waals surface area contributed by atoms with Crippen LogP contribution in [-0.4, -0.2) is 19.2 Å². The molecular weight excluding hydrogens is 257 g/mol. The van der Waals surface area contributed by atoms with Crippen molar-refractivity contribution in [3.05, 3.63) is 17.9 Å². The van der Waals surface area contributed by atoms with Crippen LogP contribution in [0.1, 0.15) is 20.3 Å². The van der Waals surface area contributed by atoms with Crippen molar-refractivity contribution < 1.29 is 17.9 Å². The zero-order valence-corrected chi connectivity index (χ0v) is 10.9. The van der Waals surface area contributed by atoms with Gasteiger partial charge in [0.05, 0.1) is 11.4 Å². The number of ether oxygens (including phenoxy) is 1. The molecule has 6 heteroatoms. The summed E-state index contributed by atoms with van der Waals surface area (Å²) in [6, 6.07) is 2.52. The smallest absolute Gasteiger partial charge is 0.387 e. The first-order chi connectivity index (χ1) is 8.88. The lowest BCUT2D eigenvalue weighted by molar-refractivity contribution is -0.0521. The van der Waals surface area contributed by atoms with Crippen LogP contribution < -0.4 is 15.4 Å². The standard InChI is InChI=1S/C13H17F3N2O/c1-7-3-8(2)18(6-7)11-5-12(19-13(15)16)9(14)4-10(11)17/h4-5,7-8,13H,3,6,17H2,1-2H3. The van der Waals surface area contributed by atoms with Crippen LogP contribution in [0.15, 0.2) is 12.1 Å². The number of halogens is 3. The maximum Gasteiger partial charge on any atom is 0.387 e. The summed E-state index contributed by atoms with van der Waals surface area (Å²) < 4.78 is 42.1. The molecule has 0 radical (unpaired) electrons. The number of hydrogen-bond acceptors (Lipinski definition) is 3. The van der Waals surface area contributed by atoms with Gasteiger partial charge in [0, 0.05) is 24.7 Å². The molecule has 1 aliphatic heterocycles. The minimum atomic E-state index is -3.05. The summed E-state index contributed by atoms with van der Waals surface area (Å²) in [6.07, 6.45) is 0.988. The number of nitrogens with zero attached hydrogens (tertiary/aromatic N) is 1. The highest BCUT2D eigenvalue weighted by molar-refractivity contribution is 5.70. The van der Waals surface area contributed by atoms with Gasteiger partial charge in [-0.25, -0.2) is 4.39 Å². The Kier molecular flexibility index (Phi) is 3.78. The molecule has 1 aromatic rings. The average molecular weight is 274 g/mol. The number of hydrogen-bond donors (Lipinski definition) is 1. The zero-order chi connectivity index (χ0) is 14.2. The Morgan fingerprint density at radius 3 is 2.58 bits per heavy atom. The first kappa shape index (κ1) is 13.8. The van der Waals surface area contributed by atoms with Crippen molar-refractivity contribution in [3.8, 4) is 5.75 Å². The molecule has 1 aliphatic rings. The molecule has 0 aromatic heterocycles. The number of nitrogen functional groups attached to an aromatic ring is 1. The molecule has 2 N–H and O–H groups in total. The second-order valence-electron chi connectivity index (χ2n) is 5.06. The summed E-state index contributed by atoms with van der Waals surface area (Å²) in [5, 5.41) is 0. The highest BCUT2D eigenvalue weighted by Gasteiger charge is 2.28. The number of anilines is 2. The molecule has 1 heterocycles. The molecule has 0 saturated carbocycles. The second kappa shape index (κ2) is 5.19. The molecule has 0 aliphatic carbocycles. The van der Waals surface area contributed by atoms with Crippen molar-refractivity contribution in [2.75, 3.05) is 17.2 Å². The van der Waals surface area contributed by atoms with Gasteiger partial charge in [0.1, 0.15) is 0 Å². The molecule has 2 unspecified atom stereocenters. The number of benzene rings is 1. The fraction of sp³-hybridized carbons (Fsp3) is 0.538. The largest absolute Gasteiger partial charge is 0.432 e. The Morgan fingerprint density at radius 1 is 1.37 bits per heavy atom. The first-order valence-electron chi connectivity index (χ1n) is 6.19. The third-order valence-corrected chi connectivity index (χ3v) is 3.39. The van der Waals surface area contributed by atoms with E-state index in [1.54, 1.807) is 0 Å². The Bertz CT molecular complexity index is 467. The van der Waals surface area contributed by atoms with E-state index >= 15 is 0 Å². The predicted octanol–water partition coefficient (Wildman–Crippen LogP) is 3.24. The SMILES string of the molecule is CC1CC(C)N(c2cc(OC(F)F)c(F)cc2N)C1. The van der Waals surface area contributed by atoms with Gasteiger partial charge in [-0.3, -0.25) is 0 Å². The summed E-state index contributed by atoms with van der Waals surface area (Å²) in [7, 11) is 0. The van der Waals surface area contributed by atoms with E-state index in [-0.39, 0.29) is 11.7 Å². The summed E-state index contributed by atoms with van der Waals surface area (Å²) in [5.41, 5.74) is 6.57. The molecule has 0 spiro atoms. The van der Waals surface area contributed by atoms with Crippen molar-refractivity contribution in [3.63, 3.8) is 0 Å². The lowest BCUT2D eigenvalue weighted by Crippen LogP contribution is -2.27. The van der Waals surface area contributed by atoms with Gasteiger partial charge >= 0.3 is 6.61 Å². The van der Waals surface area contributed by atoms with E-state index in [4.69, 9.17) is 5.73 Å². The van der Waals surface area contributed by atoms with Crippen molar-refractivity contribution in [2.45, 2.75) is 32.9 Å². The predicted molar refractivity (Wildman–Crippen MR) is 68.0 cm³/mol. The van der Waals surface area contributed by atoms with Crippen LogP contribution in [0, 0.1) is 11.7 Å². The topological polar surface area (TPSA) is 38.5 Å². The molecular formula is C13H17F3N2O. The van der Waals surface area contributed by atoms with Gasteiger partial charge in [0.2, 0.25) is 0 Å². The maximum absolute atomic E-state index is 13.5. The van der Waals surface area contributed by atoms with Crippen molar-refractivity contribution in [1.29, 1.82) is 0 Å². The summed E-state index contributed by atoms with van der Waals surface area (Å²) in [6.45, 7) is 1.85. The van der Waals surface area contributed by atoms with Gasteiger partial charge in [0.25, 0.3) is 0 Å². The highest BCUT2D eigenvalue weighted by atomic mass is 19.3. The van der Waals surface area contributed by atoms with E-state index in [0.29, 0.717) is 11.6 Å². The maximum atomic E-state index is 13.5. The average Bonchev–Trinajstić information content (AvgIpc) is 2.61. The van der Waals surface area contributed by atoms with Gasteiger partial charge in [-0.1, -0.05) is 6.92 Å². The molecule has 0 amide bonds. The van der Waals surface area contributed by atoms with Crippen LogP contribution in [-0.2, 0) is 0 Å². The lowest BCUT2D eigenvalue weighted by atomic mass is 10.1. The van der Waals surface area contributed by atoms with Gasteiger partial charge < -0.3 is 15.4 Å². The monoisotopic (exact) mass is 274 g/mol. The van der Waals surface area contributed by atoms with Crippen LogP contribution >= 0.6 is 0 Å². The molecule has 0 bridgehead atoms. The Balaban J connectivity index is 2.34. The highest BCUT2D eigenvalue weighted by Crippen LogP contribution is 2.36. The summed E-state index contributed by atoms with van der Waals surface area (Å²) in [5.74, 6) is -0.855. The van der Waals surface area contributed by atoms with Crippen LogP contribution in [0.5, 0.6) is 5.75 Å². The minimum absolute atomic E-state index is 0.236. The van der Waals surface area contributed by atoms with E-state index in [9.17, 15) is 13.2 Å². The van der Waals surface area contributed by atoms with Gasteiger partial charge in [-0.15, -0.1) is 0 Å². The van der Waals surface area contributed by atoms with Gasteiger partial charge in [-0.05, 0) is 19.3 Å². The van der Waals surface area contributed by atoms with Crippen LogP contribution in [0.2, 0.25) is 0 Å². The molecule has 2 atom stereocenters. The molecule has 19 heavy (non-hydrogen) atoms. The third kappa shape index (κ3) is 2.88. The lowest BCUT2D eigenvalue weighted by Gasteiger charge is -2.26. The third-order valence-electron chi connectivity index (χ3n) is 3.39. The quantitative estimate of drug-likeness (QED) is 0.860. The van der Waals surface area contributed by atoms with E-state index in [1.807, 2.05) is 11.8 Å². The number of alkyl halides is 2. The van der Waals surface area contributed by atoms with Crippen LogP contribution in [0.3, 0.4) is 0 Å². The van der Waals surface area contributed by atoms with Crippen LogP contribution in [0.4, 0.5) is 24.5 Å². The summed E-state index contributed by atoms with van der Waals surface area (Å²) in [4.78, 5) is 2.00. The molecule has 1 saturated heterocycles. The number of rotatable bonds is 3. The molecule has 1 aromatic carbocycles. The molecule has 2 rings (SSSR count). The number of nitrogens with two attached hydrogens (primary N) is 1. The van der Waals surface area contributed by atoms with E-state index in [2.05, 4.69) is 11.7 Å². The minimum Gasteiger partial charge on any atom is -0.432 e. The second-order valence-corrected chi connectivity index (χ2v) is 5.06. The van der Waals surface area contributed by atoms with Crippen molar-refractivity contribution in [1.82, 2.24) is 0 Å². The van der Waals surface area contributed by atoms with E-state index < -0.39 is 18.2 Å². The fourth-order valence-electron chi connectivity index (χ4n) is 2.63. The van der Waals surface area contributed by atoms with Crippen molar-refractivity contribution >= 4 is 11.4 Å². The van der Waals surface area contributed by atoms with E-state index in [0.717, 1.165) is 19.0 Å². The van der Waals surface area contributed by atoms with Crippen LogP contribution in [0.25, 0.3) is 0 Å². The molecule has 1 fully saturated rings. The van der Waals surface area contributed by atoms with Crippen molar-refractivity contribution in [2.24, 2.45) is 5.92 Å². The fourth-order valence-corrected chi connectivity index (χ4v) is 2.63. The van der Waals surface area contributed by atoms with Gasteiger partial charge in [0.15, 0.2) is 11.6 Å². The Labute approximate surface area is 110 Å². The molecule has 3 nitrogen and oxygen atoms in total. The first-order valence-corrected chi connectivity index (χ1v) is 6.19. The Hall–Kier alpha value is -1.59. The molecule has 106 valence electrons. The van der Waals surface area contributed by atoms with Gasteiger partial charge in [-0.2, -0.15) is 8.78 Å². The Morgan fingerprint density at radius 2 is 2.05 bits per heavy atom. The summed E-state index contributed by atoms with van der Waals surface area (Å²) >= 11 is 0. The van der Waals surface area contributed by atoms with E-state index in [1.165, 1.54) is 6.07 Å². The normalized spacial score (nSPS) is 23.2.